The molecular formula is C15H23NO. The molecule has 0 fully saturated rings. The Balaban J connectivity index is 1.97. The van der Waals surface area contributed by atoms with E-state index in [1.807, 2.05) is 0 Å². The van der Waals surface area contributed by atoms with E-state index >= 15 is 0 Å². The summed E-state index contributed by atoms with van der Waals surface area (Å²) in [7, 11) is 0. The Kier molecular flexibility index (Phi) is 4.43. The number of fused-ring (bicyclic) bond motifs is 1. The lowest BCUT2D eigenvalue weighted by molar-refractivity contribution is 0.305. The van der Waals surface area contributed by atoms with Crippen LogP contribution in [0.3, 0.4) is 0 Å². The number of ether oxygens (including phenoxy) is 1. The van der Waals surface area contributed by atoms with Crippen LogP contribution in [0.1, 0.15) is 56.2 Å². The molecule has 0 bridgehead atoms. The van der Waals surface area contributed by atoms with Gasteiger partial charge in [-0.05, 0) is 48.9 Å². The van der Waals surface area contributed by atoms with Crippen molar-refractivity contribution in [3.63, 3.8) is 0 Å². The van der Waals surface area contributed by atoms with Crippen molar-refractivity contribution < 1.29 is 4.74 Å². The second kappa shape index (κ2) is 6.06. The fourth-order valence-corrected chi connectivity index (χ4v) is 2.45. The monoisotopic (exact) mass is 233 g/mol. The molecule has 1 aromatic carbocycles. The van der Waals surface area contributed by atoms with Gasteiger partial charge in [0.2, 0.25) is 0 Å². The summed E-state index contributed by atoms with van der Waals surface area (Å²) >= 11 is 0. The van der Waals surface area contributed by atoms with Gasteiger partial charge in [-0.2, -0.15) is 0 Å². The number of nitrogens with two attached hydrogens (primary N) is 1. The van der Waals surface area contributed by atoms with Crippen molar-refractivity contribution in [3.05, 3.63) is 29.3 Å². The van der Waals surface area contributed by atoms with Crippen molar-refractivity contribution >= 4 is 0 Å². The molecular weight excluding hydrogens is 210 g/mol. The molecule has 2 heteroatoms. The zero-order valence-corrected chi connectivity index (χ0v) is 10.7. The van der Waals surface area contributed by atoms with Crippen molar-refractivity contribution in [1.82, 2.24) is 0 Å². The van der Waals surface area contributed by atoms with Gasteiger partial charge in [-0.25, -0.2) is 0 Å². The average molecular weight is 233 g/mol. The van der Waals surface area contributed by atoms with E-state index in [1.54, 1.807) is 0 Å². The first kappa shape index (κ1) is 12.4. The third kappa shape index (κ3) is 3.22. The third-order valence-electron chi connectivity index (χ3n) is 3.49. The van der Waals surface area contributed by atoms with E-state index in [0.717, 1.165) is 25.2 Å². The summed E-state index contributed by atoms with van der Waals surface area (Å²) in [4.78, 5) is 0. The zero-order chi connectivity index (χ0) is 12.1. The molecule has 0 heterocycles. The highest BCUT2D eigenvalue weighted by atomic mass is 16.5. The summed E-state index contributed by atoms with van der Waals surface area (Å²) in [5.41, 5.74) is 8.84. The fourth-order valence-electron chi connectivity index (χ4n) is 2.45. The van der Waals surface area contributed by atoms with Crippen LogP contribution < -0.4 is 10.5 Å². The summed E-state index contributed by atoms with van der Waals surface area (Å²) in [5, 5.41) is 0. The highest BCUT2D eigenvalue weighted by Crippen LogP contribution is 2.30. The summed E-state index contributed by atoms with van der Waals surface area (Å²) in [6.45, 7) is 3.03. The molecule has 1 aliphatic rings. The summed E-state index contributed by atoms with van der Waals surface area (Å²) < 4.78 is 5.77. The normalized spacial score (nSPS) is 18.8. The molecule has 0 unspecified atom stereocenters. The molecule has 0 radical (unpaired) electrons. The van der Waals surface area contributed by atoms with Gasteiger partial charge in [0.15, 0.2) is 0 Å². The molecule has 0 aliphatic heterocycles. The van der Waals surface area contributed by atoms with Gasteiger partial charge in [-0.3, -0.25) is 0 Å². The van der Waals surface area contributed by atoms with Gasteiger partial charge in [-0.1, -0.05) is 25.8 Å². The molecule has 1 aromatic rings. The first-order valence-electron chi connectivity index (χ1n) is 6.82. The van der Waals surface area contributed by atoms with Gasteiger partial charge < -0.3 is 10.5 Å². The van der Waals surface area contributed by atoms with E-state index in [2.05, 4.69) is 25.1 Å². The highest BCUT2D eigenvalue weighted by molar-refractivity contribution is 5.39. The van der Waals surface area contributed by atoms with Gasteiger partial charge in [-0.15, -0.1) is 0 Å². The second-order valence-electron chi connectivity index (χ2n) is 4.91. The molecule has 2 N–H and O–H groups in total. The van der Waals surface area contributed by atoms with Crippen LogP contribution in [0.2, 0.25) is 0 Å². The minimum absolute atomic E-state index is 0.206. The van der Waals surface area contributed by atoms with Crippen LogP contribution >= 0.6 is 0 Å². The van der Waals surface area contributed by atoms with Crippen LogP contribution in [0, 0.1) is 0 Å². The van der Waals surface area contributed by atoms with Gasteiger partial charge in [0.25, 0.3) is 0 Å². The maximum absolute atomic E-state index is 6.14. The number of hydrogen-bond donors (Lipinski definition) is 1. The molecule has 1 aliphatic carbocycles. The molecule has 0 saturated heterocycles. The van der Waals surface area contributed by atoms with Crippen LogP contribution in [0.25, 0.3) is 0 Å². The maximum atomic E-state index is 6.14. The minimum atomic E-state index is 0.206. The van der Waals surface area contributed by atoms with Crippen molar-refractivity contribution in [2.24, 2.45) is 5.73 Å². The van der Waals surface area contributed by atoms with Crippen LogP contribution in [-0.2, 0) is 6.42 Å². The predicted octanol–water partition coefficient (Wildman–Crippen LogP) is 3.59. The lowest BCUT2D eigenvalue weighted by Crippen LogP contribution is -2.17. The number of benzene rings is 1. The van der Waals surface area contributed by atoms with Crippen LogP contribution in [0.15, 0.2) is 18.2 Å². The van der Waals surface area contributed by atoms with Crippen LogP contribution in [0.5, 0.6) is 5.75 Å². The van der Waals surface area contributed by atoms with Gasteiger partial charge in [0.1, 0.15) is 5.75 Å². The first-order valence-corrected chi connectivity index (χ1v) is 6.82. The summed E-state index contributed by atoms with van der Waals surface area (Å²) in [6.07, 6.45) is 7.10. The summed E-state index contributed by atoms with van der Waals surface area (Å²) in [5.74, 6) is 0.984. The third-order valence-corrected chi connectivity index (χ3v) is 3.49. The topological polar surface area (TPSA) is 35.2 Å². The Labute approximate surface area is 104 Å². The van der Waals surface area contributed by atoms with Crippen LogP contribution in [-0.4, -0.2) is 6.61 Å². The molecule has 2 nitrogen and oxygen atoms in total. The second-order valence-corrected chi connectivity index (χ2v) is 4.91. The van der Waals surface area contributed by atoms with Crippen LogP contribution in [0.4, 0.5) is 0 Å². The molecule has 17 heavy (non-hydrogen) atoms. The lowest BCUT2D eigenvalue weighted by atomic mass is 9.88. The molecule has 0 spiro atoms. The SMILES string of the molecule is CCCCCOc1ccc2c(c1)[C@H](N)CCC2. The Hall–Kier alpha value is -1.02. The zero-order valence-electron chi connectivity index (χ0n) is 10.7. The van der Waals surface area contributed by atoms with Crippen molar-refractivity contribution in [3.8, 4) is 5.75 Å². The fraction of sp³-hybridized carbons (Fsp3) is 0.600. The predicted molar refractivity (Wildman–Crippen MR) is 71.3 cm³/mol. The molecule has 0 amide bonds. The number of aryl methyl sites for hydroxylation is 1. The molecule has 94 valence electrons. The van der Waals surface area contributed by atoms with E-state index in [1.165, 1.54) is 36.8 Å². The molecule has 1 atom stereocenters. The Morgan fingerprint density at radius 3 is 3.06 bits per heavy atom. The summed E-state index contributed by atoms with van der Waals surface area (Å²) in [6, 6.07) is 6.62. The molecule has 0 saturated carbocycles. The average Bonchev–Trinajstić information content (AvgIpc) is 2.36. The van der Waals surface area contributed by atoms with Crippen molar-refractivity contribution in [2.75, 3.05) is 6.61 Å². The van der Waals surface area contributed by atoms with E-state index < -0.39 is 0 Å². The van der Waals surface area contributed by atoms with Crippen molar-refractivity contribution in [2.45, 2.75) is 51.5 Å². The van der Waals surface area contributed by atoms with Gasteiger partial charge >= 0.3 is 0 Å². The van der Waals surface area contributed by atoms with E-state index in [0.29, 0.717) is 0 Å². The van der Waals surface area contributed by atoms with Crippen molar-refractivity contribution in [1.29, 1.82) is 0 Å². The van der Waals surface area contributed by atoms with E-state index in [4.69, 9.17) is 10.5 Å². The molecule has 0 aromatic heterocycles. The smallest absolute Gasteiger partial charge is 0.119 e. The highest BCUT2D eigenvalue weighted by Gasteiger charge is 2.16. The maximum Gasteiger partial charge on any atom is 0.119 e. The number of hydrogen-bond acceptors (Lipinski definition) is 2. The lowest BCUT2D eigenvalue weighted by Gasteiger charge is -2.22. The molecule has 2 rings (SSSR count). The quantitative estimate of drug-likeness (QED) is 0.789. The largest absolute Gasteiger partial charge is 0.494 e. The first-order chi connectivity index (χ1) is 8.31. The van der Waals surface area contributed by atoms with Gasteiger partial charge in [0.05, 0.1) is 6.61 Å². The minimum Gasteiger partial charge on any atom is -0.494 e. The van der Waals surface area contributed by atoms with Gasteiger partial charge in [0, 0.05) is 6.04 Å². The van der Waals surface area contributed by atoms with E-state index in [9.17, 15) is 0 Å². The Bertz CT molecular complexity index is 362. The number of rotatable bonds is 5. The standard InChI is InChI=1S/C15H23NO/c1-2-3-4-10-17-13-9-8-12-6-5-7-15(16)14(12)11-13/h8-9,11,15H,2-7,10,16H2,1H3/t15-/m1/s1. The Morgan fingerprint density at radius 2 is 2.24 bits per heavy atom. The number of unbranched alkanes of at least 4 members (excludes halogenated alkanes) is 2. The Morgan fingerprint density at radius 1 is 1.35 bits per heavy atom. The van der Waals surface area contributed by atoms with E-state index in [-0.39, 0.29) is 6.04 Å².